The van der Waals surface area contributed by atoms with E-state index in [1.54, 1.807) is 0 Å². The van der Waals surface area contributed by atoms with E-state index in [9.17, 15) is 0 Å². The summed E-state index contributed by atoms with van der Waals surface area (Å²) in [6.45, 7) is 5.56. The number of rotatable bonds is 6. The number of unbranched alkanes of at least 4 members (excludes halogenated alkanes) is 1. The summed E-state index contributed by atoms with van der Waals surface area (Å²) in [5.74, 6) is 0. The molecule has 0 fully saturated rings. The third-order valence-electron chi connectivity index (χ3n) is 2.22. The Balaban J connectivity index is 3.09. The average Bonchev–Trinajstić information content (AvgIpc) is 1.99. The molecular weight excluding hydrogens is 138 g/mol. The summed E-state index contributed by atoms with van der Waals surface area (Å²) < 4.78 is 0. The number of nitrogens with two attached hydrogens (primary N) is 1. The molecule has 0 bridgehead atoms. The molecule has 0 unspecified atom stereocenters. The molecule has 62 valence electrons. The molecule has 2 heteroatoms. The first-order valence-electron chi connectivity index (χ1n) is 4.55. The SMILES string of the molecule is CC[SiH](CC)CCCCN. The molecule has 0 aliphatic carbocycles. The third kappa shape index (κ3) is 5.00. The van der Waals surface area contributed by atoms with Crippen molar-refractivity contribution in [1.82, 2.24) is 0 Å². The van der Waals surface area contributed by atoms with E-state index in [0.717, 1.165) is 6.54 Å². The van der Waals surface area contributed by atoms with Gasteiger partial charge in [-0.1, -0.05) is 38.4 Å². The van der Waals surface area contributed by atoms with Gasteiger partial charge in [0.1, 0.15) is 0 Å². The molecule has 0 aromatic heterocycles. The van der Waals surface area contributed by atoms with Gasteiger partial charge >= 0.3 is 0 Å². The van der Waals surface area contributed by atoms with Gasteiger partial charge in [0.05, 0.1) is 0 Å². The minimum Gasteiger partial charge on any atom is -0.330 e. The first-order chi connectivity index (χ1) is 4.85. The van der Waals surface area contributed by atoms with Crippen LogP contribution in [0, 0.1) is 0 Å². The second-order valence-electron chi connectivity index (χ2n) is 2.97. The Kier molecular flexibility index (Phi) is 7.41. The maximum Gasteiger partial charge on any atom is 0.0362 e. The molecule has 10 heavy (non-hydrogen) atoms. The van der Waals surface area contributed by atoms with Crippen molar-refractivity contribution in [3.05, 3.63) is 0 Å². The molecule has 0 rings (SSSR count). The van der Waals surface area contributed by atoms with Gasteiger partial charge in [-0.3, -0.25) is 0 Å². The van der Waals surface area contributed by atoms with Crippen LogP contribution in [-0.4, -0.2) is 15.3 Å². The standard InChI is InChI=1S/C8H21NSi/c1-3-10(4-2)8-6-5-7-9/h10H,3-9H2,1-2H3. The van der Waals surface area contributed by atoms with Gasteiger partial charge < -0.3 is 5.73 Å². The Hall–Kier alpha value is 0.177. The molecule has 2 N–H and O–H groups in total. The van der Waals surface area contributed by atoms with Crippen LogP contribution in [0.15, 0.2) is 0 Å². The van der Waals surface area contributed by atoms with Crippen molar-refractivity contribution >= 4 is 8.80 Å². The van der Waals surface area contributed by atoms with E-state index in [2.05, 4.69) is 13.8 Å². The van der Waals surface area contributed by atoms with Gasteiger partial charge in [0.25, 0.3) is 0 Å². The Morgan fingerprint density at radius 3 is 2.10 bits per heavy atom. The zero-order valence-electron chi connectivity index (χ0n) is 7.40. The Labute approximate surface area is 66.6 Å². The fourth-order valence-corrected chi connectivity index (χ4v) is 3.53. The van der Waals surface area contributed by atoms with E-state index in [4.69, 9.17) is 5.73 Å². The highest BCUT2D eigenvalue weighted by molar-refractivity contribution is 6.58. The quantitative estimate of drug-likeness (QED) is 0.465. The van der Waals surface area contributed by atoms with Crippen molar-refractivity contribution in [3.63, 3.8) is 0 Å². The van der Waals surface area contributed by atoms with Crippen LogP contribution in [0.1, 0.15) is 26.7 Å². The van der Waals surface area contributed by atoms with Crippen molar-refractivity contribution in [2.24, 2.45) is 5.73 Å². The number of hydrogen-bond acceptors (Lipinski definition) is 1. The normalized spacial score (nSPS) is 10.8. The molecule has 0 saturated heterocycles. The summed E-state index contributed by atoms with van der Waals surface area (Å²) >= 11 is 0. The van der Waals surface area contributed by atoms with Crippen LogP contribution in [0.4, 0.5) is 0 Å². The molecule has 0 aromatic carbocycles. The fourth-order valence-electron chi connectivity index (χ4n) is 1.27. The van der Waals surface area contributed by atoms with E-state index >= 15 is 0 Å². The highest BCUT2D eigenvalue weighted by Gasteiger charge is 2.03. The predicted molar refractivity (Wildman–Crippen MR) is 51.2 cm³/mol. The molecule has 0 saturated carbocycles. The van der Waals surface area contributed by atoms with E-state index < -0.39 is 0 Å². The van der Waals surface area contributed by atoms with Crippen LogP contribution in [0.25, 0.3) is 0 Å². The summed E-state index contributed by atoms with van der Waals surface area (Å²) in [5, 5.41) is 0. The van der Waals surface area contributed by atoms with Gasteiger partial charge in [-0.15, -0.1) is 0 Å². The molecule has 0 aromatic rings. The summed E-state index contributed by atoms with van der Waals surface area (Å²) in [4.78, 5) is 0. The van der Waals surface area contributed by atoms with Gasteiger partial charge in [0.15, 0.2) is 0 Å². The molecule has 0 spiro atoms. The molecule has 0 amide bonds. The van der Waals surface area contributed by atoms with Crippen molar-refractivity contribution in [1.29, 1.82) is 0 Å². The van der Waals surface area contributed by atoms with Crippen molar-refractivity contribution < 1.29 is 0 Å². The predicted octanol–water partition coefficient (Wildman–Crippen LogP) is 1.99. The van der Waals surface area contributed by atoms with Crippen LogP contribution in [0.5, 0.6) is 0 Å². The summed E-state index contributed by atoms with van der Waals surface area (Å²) in [6.07, 6.45) is 2.62. The minimum atomic E-state index is -0.279. The summed E-state index contributed by atoms with van der Waals surface area (Å²) in [5.41, 5.74) is 5.41. The Morgan fingerprint density at radius 2 is 1.70 bits per heavy atom. The fraction of sp³-hybridized carbons (Fsp3) is 1.00. The molecule has 0 aliphatic heterocycles. The lowest BCUT2D eigenvalue weighted by Gasteiger charge is -2.08. The van der Waals surface area contributed by atoms with Crippen LogP contribution in [-0.2, 0) is 0 Å². The maximum absolute atomic E-state index is 5.41. The average molecular weight is 159 g/mol. The van der Waals surface area contributed by atoms with Crippen LogP contribution in [0.3, 0.4) is 0 Å². The van der Waals surface area contributed by atoms with E-state index in [-0.39, 0.29) is 8.80 Å². The van der Waals surface area contributed by atoms with Crippen molar-refractivity contribution in [2.75, 3.05) is 6.54 Å². The lowest BCUT2D eigenvalue weighted by atomic mass is 10.3. The van der Waals surface area contributed by atoms with Crippen LogP contribution < -0.4 is 5.73 Å². The van der Waals surface area contributed by atoms with Gasteiger partial charge in [-0.2, -0.15) is 0 Å². The Bertz CT molecular complexity index is 62.3. The molecule has 0 atom stereocenters. The van der Waals surface area contributed by atoms with E-state index in [1.807, 2.05) is 0 Å². The first-order valence-corrected chi connectivity index (χ1v) is 7.00. The maximum atomic E-state index is 5.41. The lowest BCUT2D eigenvalue weighted by Crippen LogP contribution is -2.09. The van der Waals surface area contributed by atoms with Gasteiger partial charge in [0.2, 0.25) is 0 Å². The van der Waals surface area contributed by atoms with Crippen molar-refractivity contribution in [2.45, 2.75) is 44.8 Å². The van der Waals surface area contributed by atoms with Gasteiger partial charge in [-0.05, 0) is 13.0 Å². The molecular formula is C8H21NSi. The summed E-state index contributed by atoms with van der Waals surface area (Å²) in [6, 6.07) is 4.46. The van der Waals surface area contributed by atoms with Crippen LogP contribution >= 0.6 is 0 Å². The topological polar surface area (TPSA) is 26.0 Å². The highest BCUT2D eigenvalue weighted by atomic mass is 28.3. The van der Waals surface area contributed by atoms with Crippen molar-refractivity contribution in [3.8, 4) is 0 Å². The van der Waals surface area contributed by atoms with Gasteiger partial charge in [-0.25, -0.2) is 0 Å². The smallest absolute Gasteiger partial charge is 0.0362 e. The summed E-state index contributed by atoms with van der Waals surface area (Å²) in [7, 11) is -0.279. The molecule has 0 heterocycles. The minimum absolute atomic E-state index is 0.279. The van der Waals surface area contributed by atoms with Gasteiger partial charge in [0, 0.05) is 8.80 Å². The molecule has 1 nitrogen and oxygen atoms in total. The second kappa shape index (κ2) is 7.29. The Morgan fingerprint density at radius 1 is 1.10 bits per heavy atom. The number of hydrogen-bond donors (Lipinski definition) is 1. The molecule has 0 aliphatic rings. The monoisotopic (exact) mass is 159 g/mol. The second-order valence-corrected chi connectivity index (χ2v) is 6.91. The van der Waals surface area contributed by atoms with E-state index in [1.165, 1.54) is 31.0 Å². The zero-order chi connectivity index (χ0) is 7.82. The first kappa shape index (κ1) is 10.2. The van der Waals surface area contributed by atoms with Crippen LogP contribution in [0.2, 0.25) is 18.1 Å². The van der Waals surface area contributed by atoms with E-state index in [0.29, 0.717) is 0 Å². The largest absolute Gasteiger partial charge is 0.330 e. The molecule has 0 radical (unpaired) electrons. The third-order valence-corrected chi connectivity index (χ3v) is 5.76. The lowest BCUT2D eigenvalue weighted by molar-refractivity contribution is 0.797. The zero-order valence-corrected chi connectivity index (χ0v) is 8.55. The highest BCUT2D eigenvalue weighted by Crippen LogP contribution is 2.08.